The lowest BCUT2D eigenvalue weighted by molar-refractivity contribution is -0.134. The Morgan fingerprint density at radius 2 is 2.00 bits per heavy atom. The summed E-state index contributed by atoms with van der Waals surface area (Å²) in [5.41, 5.74) is 4.96. The molecule has 0 aromatic heterocycles. The zero-order valence-corrected chi connectivity index (χ0v) is 8.82. The van der Waals surface area contributed by atoms with Gasteiger partial charge >= 0.3 is 0 Å². The summed E-state index contributed by atoms with van der Waals surface area (Å²) in [5, 5.41) is 0. The number of carbonyl (C=O) groups excluding carboxylic acids is 2. The summed E-state index contributed by atoms with van der Waals surface area (Å²) in [6.45, 7) is 7.93. The molecule has 0 atom stereocenters. The Bertz CT molecular complexity index is 202. The van der Waals surface area contributed by atoms with Gasteiger partial charge in [-0.3, -0.25) is 9.59 Å². The van der Waals surface area contributed by atoms with Gasteiger partial charge in [0.2, 0.25) is 11.8 Å². The molecular weight excluding hydrogens is 180 g/mol. The van der Waals surface area contributed by atoms with E-state index >= 15 is 0 Å². The molecule has 0 aromatic carbocycles. The van der Waals surface area contributed by atoms with Crippen LogP contribution in [0.1, 0.15) is 26.7 Å². The molecule has 0 aliphatic rings. The molecule has 0 aromatic rings. The zero-order chi connectivity index (χ0) is 11.1. The maximum atomic E-state index is 11.5. The summed E-state index contributed by atoms with van der Waals surface area (Å²) in [5.74, 6) is -0.501. The Morgan fingerprint density at radius 1 is 1.43 bits per heavy atom. The Balaban J connectivity index is 4.08. The van der Waals surface area contributed by atoms with Crippen LogP contribution in [-0.4, -0.2) is 29.3 Å². The van der Waals surface area contributed by atoms with Crippen molar-refractivity contribution < 1.29 is 9.59 Å². The van der Waals surface area contributed by atoms with Gasteiger partial charge in [-0.05, 0) is 13.8 Å². The third-order valence-electron chi connectivity index (χ3n) is 1.85. The lowest BCUT2D eigenvalue weighted by atomic mass is 10.2. The molecule has 0 aliphatic heterocycles. The van der Waals surface area contributed by atoms with Crippen LogP contribution in [0.25, 0.3) is 0 Å². The highest BCUT2D eigenvalue weighted by molar-refractivity contribution is 5.83. The quantitative estimate of drug-likeness (QED) is 0.633. The summed E-state index contributed by atoms with van der Waals surface area (Å²) in [6.07, 6.45) is 1.96. The van der Waals surface area contributed by atoms with Crippen LogP contribution in [0, 0.1) is 13.3 Å². The van der Waals surface area contributed by atoms with Crippen LogP contribution in [0.15, 0.2) is 0 Å². The number of hydrogen-bond donors (Lipinski definition) is 1. The zero-order valence-electron chi connectivity index (χ0n) is 8.82. The van der Waals surface area contributed by atoms with Crippen molar-refractivity contribution in [3.63, 3.8) is 0 Å². The minimum Gasteiger partial charge on any atom is -0.370 e. The maximum Gasteiger partial charge on any atom is 0.226 e. The fraction of sp³-hybridized carbons (Fsp3) is 0.600. The smallest absolute Gasteiger partial charge is 0.226 e. The van der Waals surface area contributed by atoms with Crippen LogP contribution >= 0.6 is 0 Å². The summed E-state index contributed by atoms with van der Waals surface area (Å²) in [7, 11) is 0. The Labute approximate surface area is 85.4 Å². The number of primary amides is 1. The third kappa shape index (κ3) is 4.74. The number of amides is 2. The van der Waals surface area contributed by atoms with Gasteiger partial charge in [-0.2, -0.15) is 0 Å². The van der Waals surface area contributed by atoms with Crippen molar-refractivity contribution >= 4 is 11.8 Å². The summed E-state index contributed by atoms with van der Waals surface area (Å²) in [4.78, 5) is 23.7. The molecule has 0 aliphatic carbocycles. The minimum absolute atomic E-state index is 0.0568. The van der Waals surface area contributed by atoms with E-state index in [2.05, 4.69) is 6.92 Å². The van der Waals surface area contributed by atoms with Gasteiger partial charge in [0.15, 0.2) is 0 Å². The van der Waals surface area contributed by atoms with E-state index in [-0.39, 0.29) is 24.8 Å². The lowest BCUT2D eigenvalue weighted by Crippen LogP contribution is -2.38. The average Bonchev–Trinajstić information content (AvgIpc) is 2.09. The van der Waals surface area contributed by atoms with Gasteiger partial charge < -0.3 is 10.6 Å². The SMILES string of the molecule is [CH2-][CH+]CN(C(=O)CCC(N)=O)C(C)C. The summed E-state index contributed by atoms with van der Waals surface area (Å²) >= 11 is 0. The number of nitrogens with zero attached hydrogens (tertiary/aromatic N) is 1. The third-order valence-corrected chi connectivity index (χ3v) is 1.85. The summed E-state index contributed by atoms with van der Waals surface area (Å²) in [6, 6.07) is 0.119. The Morgan fingerprint density at radius 3 is 2.36 bits per heavy atom. The van der Waals surface area contributed by atoms with E-state index in [9.17, 15) is 9.59 Å². The van der Waals surface area contributed by atoms with E-state index < -0.39 is 5.91 Å². The van der Waals surface area contributed by atoms with Crippen molar-refractivity contribution in [3.05, 3.63) is 13.3 Å². The Kier molecular flexibility index (Phi) is 5.76. The van der Waals surface area contributed by atoms with Crippen molar-refractivity contribution in [1.82, 2.24) is 4.90 Å². The molecule has 2 amide bonds. The predicted molar refractivity (Wildman–Crippen MR) is 54.9 cm³/mol. The van der Waals surface area contributed by atoms with Gasteiger partial charge in [0, 0.05) is 18.9 Å². The summed E-state index contributed by atoms with van der Waals surface area (Å²) < 4.78 is 0. The van der Waals surface area contributed by atoms with Crippen LogP contribution < -0.4 is 5.73 Å². The minimum atomic E-state index is -0.444. The van der Waals surface area contributed by atoms with E-state index in [1.165, 1.54) is 0 Å². The highest BCUT2D eigenvalue weighted by Crippen LogP contribution is 2.04. The molecule has 4 heteroatoms. The second-order valence-electron chi connectivity index (χ2n) is 3.39. The molecule has 4 nitrogen and oxygen atoms in total. The van der Waals surface area contributed by atoms with E-state index in [1.807, 2.05) is 13.8 Å². The molecule has 0 rings (SSSR count). The van der Waals surface area contributed by atoms with Crippen molar-refractivity contribution in [2.24, 2.45) is 5.73 Å². The first-order chi connectivity index (χ1) is 6.49. The second kappa shape index (κ2) is 6.29. The normalized spacial score (nSPS) is 10.0. The largest absolute Gasteiger partial charge is 0.370 e. The van der Waals surface area contributed by atoms with Crippen molar-refractivity contribution in [2.75, 3.05) is 6.54 Å². The molecule has 0 saturated carbocycles. The molecule has 14 heavy (non-hydrogen) atoms. The topological polar surface area (TPSA) is 63.4 Å². The number of carbonyl (C=O) groups is 2. The van der Waals surface area contributed by atoms with Gasteiger partial charge in [-0.1, -0.05) is 6.42 Å². The molecule has 0 unspecified atom stereocenters. The number of rotatable bonds is 6. The van der Waals surface area contributed by atoms with Gasteiger partial charge in [0.25, 0.3) is 0 Å². The second-order valence-corrected chi connectivity index (χ2v) is 3.39. The molecule has 0 radical (unpaired) electrons. The first kappa shape index (κ1) is 12.8. The first-order valence-corrected chi connectivity index (χ1v) is 4.67. The van der Waals surface area contributed by atoms with Crippen molar-refractivity contribution in [1.29, 1.82) is 0 Å². The highest BCUT2D eigenvalue weighted by Gasteiger charge is 2.17. The highest BCUT2D eigenvalue weighted by atomic mass is 16.2. The van der Waals surface area contributed by atoms with Crippen LogP contribution in [0.5, 0.6) is 0 Å². The van der Waals surface area contributed by atoms with Gasteiger partial charge in [-0.25, -0.2) is 0 Å². The van der Waals surface area contributed by atoms with Gasteiger partial charge in [0.1, 0.15) is 6.54 Å². The van der Waals surface area contributed by atoms with Gasteiger partial charge in [0.05, 0.1) is 0 Å². The van der Waals surface area contributed by atoms with E-state index in [0.29, 0.717) is 6.54 Å². The molecule has 0 heterocycles. The molecular formula is C10H18N2O2. The molecule has 0 bridgehead atoms. The molecule has 0 saturated heterocycles. The standard InChI is InChI=1S/C10H18N2O2/c1-4-7-12(8(2)3)10(14)6-5-9(11)13/h4,8H,1,5-7H2,2-3H3,(H2,11,13). The maximum absolute atomic E-state index is 11.5. The molecule has 80 valence electrons. The Hall–Kier alpha value is -1.19. The first-order valence-electron chi connectivity index (χ1n) is 4.67. The number of hydrogen-bond acceptors (Lipinski definition) is 2. The predicted octanol–water partition coefficient (Wildman–Crippen LogP) is 0.527. The molecule has 0 spiro atoms. The van der Waals surface area contributed by atoms with Crippen LogP contribution in [0.4, 0.5) is 0 Å². The lowest BCUT2D eigenvalue weighted by Gasteiger charge is -2.23. The molecule has 2 N–H and O–H groups in total. The van der Waals surface area contributed by atoms with E-state index in [4.69, 9.17) is 5.73 Å². The van der Waals surface area contributed by atoms with Crippen molar-refractivity contribution in [2.45, 2.75) is 32.7 Å². The average molecular weight is 198 g/mol. The monoisotopic (exact) mass is 198 g/mol. The van der Waals surface area contributed by atoms with Crippen molar-refractivity contribution in [3.8, 4) is 0 Å². The number of nitrogens with two attached hydrogens (primary N) is 1. The fourth-order valence-electron chi connectivity index (χ4n) is 1.11. The van der Waals surface area contributed by atoms with E-state index in [0.717, 1.165) is 0 Å². The van der Waals surface area contributed by atoms with Crippen LogP contribution in [0.3, 0.4) is 0 Å². The van der Waals surface area contributed by atoms with Crippen LogP contribution in [0.2, 0.25) is 0 Å². The van der Waals surface area contributed by atoms with Crippen LogP contribution in [-0.2, 0) is 9.59 Å². The fourth-order valence-corrected chi connectivity index (χ4v) is 1.11. The van der Waals surface area contributed by atoms with E-state index in [1.54, 1.807) is 11.3 Å². The molecule has 0 fully saturated rings. The van der Waals surface area contributed by atoms with Gasteiger partial charge in [-0.15, -0.1) is 6.92 Å².